The number of hydrogen-bond acceptors (Lipinski definition) is 3. The van der Waals surface area contributed by atoms with Gasteiger partial charge in [-0.05, 0) is 36.8 Å². The van der Waals surface area contributed by atoms with Gasteiger partial charge in [0, 0.05) is 39.9 Å². The predicted molar refractivity (Wildman–Crippen MR) is 128 cm³/mol. The molecule has 0 unspecified atom stereocenters. The summed E-state index contributed by atoms with van der Waals surface area (Å²) in [6.07, 6.45) is 3.70. The SMILES string of the molecule is Cc1ccc(NCC(=O)N/N=C\c2cn(Cc3ccccc3Cl)c3ccccc23)cc1. The van der Waals surface area contributed by atoms with Crippen molar-refractivity contribution in [3.63, 3.8) is 0 Å². The minimum atomic E-state index is -0.211. The van der Waals surface area contributed by atoms with E-state index < -0.39 is 0 Å². The standard InChI is InChI=1S/C25H23ClN4O/c1-18-10-12-21(13-11-18)27-15-25(31)29-28-14-20-17-30(24-9-5-3-7-22(20)24)16-19-6-2-4-8-23(19)26/h2-14,17,27H,15-16H2,1H3,(H,29,31)/b28-14-. The first kappa shape index (κ1) is 20.7. The van der Waals surface area contributed by atoms with Gasteiger partial charge in [0.2, 0.25) is 0 Å². The van der Waals surface area contributed by atoms with E-state index in [1.54, 1.807) is 6.21 Å². The molecule has 0 spiro atoms. The van der Waals surface area contributed by atoms with Crippen LogP contribution in [0.4, 0.5) is 5.69 Å². The van der Waals surface area contributed by atoms with Crippen LogP contribution in [0.2, 0.25) is 5.02 Å². The lowest BCUT2D eigenvalue weighted by molar-refractivity contribution is -0.119. The van der Waals surface area contributed by atoms with Crippen molar-refractivity contribution in [2.45, 2.75) is 13.5 Å². The van der Waals surface area contributed by atoms with Gasteiger partial charge in [-0.3, -0.25) is 4.79 Å². The van der Waals surface area contributed by atoms with Crippen molar-refractivity contribution in [3.05, 3.63) is 101 Å². The van der Waals surface area contributed by atoms with Gasteiger partial charge in [-0.25, -0.2) is 5.43 Å². The van der Waals surface area contributed by atoms with Gasteiger partial charge in [0.1, 0.15) is 0 Å². The number of amides is 1. The van der Waals surface area contributed by atoms with Crippen molar-refractivity contribution in [1.29, 1.82) is 0 Å². The molecule has 0 fully saturated rings. The zero-order chi connectivity index (χ0) is 21.6. The highest BCUT2D eigenvalue weighted by molar-refractivity contribution is 6.31. The van der Waals surface area contributed by atoms with Crippen LogP contribution in [0.5, 0.6) is 0 Å². The molecule has 0 aliphatic heterocycles. The molecule has 3 aromatic carbocycles. The number of aryl methyl sites for hydroxylation is 1. The van der Waals surface area contributed by atoms with Crippen molar-refractivity contribution < 1.29 is 4.79 Å². The Balaban J connectivity index is 1.44. The topological polar surface area (TPSA) is 58.4 Å². The zero-order valence-corrected chi connectivity index (χ0v) is 17.9. The van der Waals surface area contributed by atoms with E-state index in [0.717, 1.165) is 32.7 Å². The number of nitrogens with zero attached hydrogens (tertiary/aromatic N) is 2. The third-order valence-corrected chi connectivity index (χ3v) is 5.38. The highest BCUT2D eigenvalue weighted by atomic mass is 35.5. The van der Waals surface area contributed by atoms with Gasteiger partial charge in [-0.15, -0.1) is 0 Å². The van der Waals surface area contributed by atoms with Crippen LogP contribution in [0.15, 0.2) is 84.1 Å². The Morgan fingerprint density at radius 3 is 2.58 bits per heavy atom. The van der Waals surface area contributed by atoms with E-state index in [0.29, 0.717) is 6.54 Å². The van der Waals surface area contributed by atoms with Crippen LogP contribution in [-0.4, -0.2) is 23.2 Å². The molecule has 4 rings (SSSR count). The number of nitrogens with one attached hydrogen (secondary N) is 2. The number of halogens is 1. The highest BCUT2D eigenvalue weighted by Crippen LogP contribution is 2.23. The summed E-state index contributed by atoms with van der Waals surface area (Å²) in [5.74, 6) is -0.211. The van der Waals surface area contributed by atoms with E-state index in [-0.39, 0.29) is 12.5 Å². The number of rotatable bonds is 7. The molecule has 31 heavy (non-hydrogen) atoms. The van der Waals surface area contributed by atoms with Gasteiger partial charge in [0.05, 0.1) is 12.8 Å². The smallest absolute Gasteiger partial charge is 0.259 e. The minimum absolute atomic E-state index is 0.147. The first-order valence-corrected chi connectivity index (χ1v) is 10.4. The van der Waals surface area contributed by atoms with Gasteiger partial charge in [0.15, 0.2) is 0 Å². The first-order chi connectivity index (χ1) is 15.1. The Hall–Kier alpha value is -3.57. The molecule has 156 valence electrons. The Morgan fingerprint density at radius 2 is 1.77 bits per heavy atom. The fraction of sp³-hybridized carbons (Fsp3) is 0.120. The number of aromatic nitrogens is 1. The molecule has 5 nitrogen and oxygen atoms in total. The van der Waals surface area contributed by atoms with Crippen LogP contribution in [0.1, 0.15) is 16.7 Å². The van der Waals surface area contributed by atoms with E-state index in [2.05, 4.69) is 26.5 Å². The molecule has 6 heteroatoms. The molecule has 0 saturated heterocycles. The van der Waals surface area contributed by atoms with Gasteiger partial charge in [-0.2, -0.15) is 5.10 Å². The van der Waals surface area contributed by atoms with Gasteiger partial charge in [0.25, 0.3) is 5.91 Å². The number of benzene rings is 3. The van der Waals surface area contributed by atoms with Crippen LogP contribution in [0.25, 0.3) is 10.9 Å². The number of anilines is 1. The van der Waals surface area contributed by atoms with Crippen LogP contribution < -0.4 is 10.7 Å². The Morgan fingerprint density at radius 1 is 1.03 bits per heavy atom. The second-order valence-corrected chi connectivity index (χ2v) is 7.74. The average molecular weight is 431 g/mol. The predicted octanol–water partition coefficient (Wildman–Crippen LogP) is 5.21. The zero-order valence-electron chi connectivity index (χ0n) is 17.2. The molecule has 1 amide bonds. The van der Waals surface area contributed by atoms with Crippen molar-refractivity contribution in [2.75, 3.05) is 11.9 Å². The van der Waals surface area contributed by atoms with Crippen molar-refractivity contribution in [3.8, 4) is 0 Å². The minimum Gasteiger partial charge on any atom is -0.376 e. The number of hydrazone groups is 1. The third kappa shape index (κ3) is 5.13. The molecule has 0 aliphatic carbocycles. The molecule has 0 aliphatic rings. The van der Waals surface area contributed by atoms with Gasteiger partial charge >= 0.3 is 0 Å². The molecule has 0 atom stereocenters. The van der Waals surface area contributed by atoms with E-state index in [4.69, 9.17) is 11.6 Å². The maximum absolute atomic E-state index is 12.1. The second kappa shape index (κ2) is 9.49. The number of carbonyl (C=O) groups excluding carboxylic acids is 1. The van der Waals surface area contributed by atoms with E-state index in [1.807, 2.05) is 79.9 Å². The van der Waals surface area contributed by atoms with E-state index in [9.17, 15) is 4.79 Å². The lowest BCUT2D eigenvalue weighted by Crippen LogP contribution is -2.25. The summed E-state index contributed by atoms with van der Waals surface area (Å²) in [6, 6.07) is 23.8. The normalized spacial score (nSPS) is 11.2. The van der Waals surface area contributed by atoms with Crippen molar-refractivity contribution in [1.82, 2.24) is 9.99 Å². The first-order valence-electron chi connectivity index (χ1n) is 10.0. The third-order valence-electron chi connectivity index (χ3n) is 5.02. The molecule has 0 bridgehead atoms. The monoisotopic (exact) mass is 430 g/mol. The lowest BCUT2D eigenvalue weighted by atomic mass is 10.2. The summed E-state index contributed by atoms with van der Waals surface area (Å²) >= 11 is 6.34. The summed E-state index contributed by atoms with van der Waals surface area (Å²) in [6.45, 7) is 2.83. The Kier molecular flexibility index (Phi) is 6.34. The molecular weight excluding hydrogens is 408 g/mol. The van der Waals surface area contributed by atoms with Gasteiger partial charge in [-0.1, -0.05) is 65.7 Å². The van der Waals surface area contributed by atoms with Crippen LogP contribution >= 0.6 is 11.6 Å². The van der Waals surface area contributed by atoms with E-state index in [1.165, 1.54) is 5.56 Å². The fourth-order valence-corrected chi connectivity index (χ4v) is 3.58. The molecule has 2 N–H and O–H groups in total. The maximum Gasteiger partial charge on any atom is 0.259 e. The fourth-order valence-electron chi connectivity index (χ4n) is 3.39. The second-order valence-electron chi connectivity index (χ2n) is 7.33. The largest absolute Gasteiger partial charge is 0.376 e. The molecule has 1 heterocycles. The Labute approximate surface area is 186 Å². The summed E-state index contributed by atoms with van der Waals surface area (Å²) in [5, 5.41) is 9.04. The van der Waals surface area contributed by atoms with Gasteiger partial charge < -0.3 is 9.88 Å². The molecule has 4 aromatic rings. The number of hydrogen-bond donors (Lipinski definition) is 2. The quantitative estimate of drug-likeness (QED) is 0.312. The maximum atomic E-state index is 12.1. The van der Waals surface area contributed by atoms with Crippen LogP contribution in [0.3, 0.4) is 0 Å². The van der Waals surface area contributed by atoms with Crippen molar-refractivity contribution in [2.24, 2.45) is 5.10 Å². The highest BCUT2D eigenvalue weighted by Gasteiger charge is 2.09. The summed E-state index contributed by atoms with van der Waals surface area (Å²) < 4.78 is 2.14. The number of para-hydroxylation sites is 1. The average Bonchev–Trinajstić information content (AvgIpc) is 3.12. The van der Waals surface area contributed by atoms with Crippen LogP contribution in [-0.2, 0) is 11.3 Å². The number of carbonyl (C=O) groups is 1. The summed E-state index contributed by atoms with van der Waals surface area (Å²) in [5.41, 5.74) is 7.70. The van der Waals surface area contributed by atoms with E-state index >= 15 is 0 Å². The molecule has 0 radical (unpaired) electrons. The molecule has 0 saturated carbocycles. The number of fused-ring (bicyclic) bond motifs is 1. The summed E-state index contributed by atoms with van der Waals surface area (Å²) in [7, 11) is 0. The molecular formula is C25H23ClN4O. The Bertz CT molecular complexity index is 1230. The van der Waals surface area contributed by atoms with Crippen molar-refractivity contribution >= 4 is 40.3 Å². The lowest BCUT2D eigenvalue weighted by Gasteiger charge is -2.07. The van der Waals surface area contributed by atoms with Crippen LogP contribution in [0, 0.1) is 6.92 Å². The summed E-state index contributed by atoms with van der Waals surface area (Å²) in [4.78, 5) is 12.1. The molecule has 1 aromatic heterocycles.